The van der Waals surface area contributed by atoms with E-state index in [1.165, 1.54) is 18.3 Å². The summed E-state index contributed by atoms with van der Waals surface area (Å²) in [6, 6.07) is 2.55. The molecule has 98 valence electrons. The standard InChI is InChI=1S/C12H8BrClN2O3/c1-6-8(13)4-15-5-9(6)19-11-3-7(12(17)18)2-10(14)16-11/h2-5H,1H3,(H,17,18). The second-order valence-corrected chi connectivity index (χ2v) is 4.91. The van der Waals surface area contributed by atoms with Crippen molar-refractivity contribution in [2.24, 2.45) is 0 Å². The Morgan fingerprint density at radius 2 is 2.16 bits per heavy atom. The molecule has 2 heterocycles. The van der Waals surface area contributed by atoms with E-state index in [1.54, 1.807) is 6.20 Å². The Morgan fingerprint density at radius 3 is 2.84 bits per heavy atom. The Hall–Kier alpha value is -1.66. The van der Waals surface area contributed by atoms with Crippen molar-refractivity contribution in [1.82, 2.24) is 9.97 Å². The summed E-state index contributed by atoms with van der Waals surface area (Å²) in [5.41, 5.74) is 0.837. The molecule has 2 aromatic heterocycles. The number of halogens is 2. The summed E-state index contributed by atoms with van der Waals surface area (Å²) in [6.45, 7) is 1.84. The van der Waals surface area contributed by atoms with Gasteiger partial charge in [0.25, 0.3) is 0 Å². The Kier molecular flexibility index (Phi) is 4.01. The van der Waals surface area contributed by atoms with Crippen LogP contribution in [-0.4, -0.2) is 21.0 Å². The molecule has 0 saturated heterocycles. The summed E-state index contributed by atoms with van der Waals surface area (Å²) in [5, 5.41) is 8.99. The van der Waals surface area contributed by atoms with Crippen LogP contribution in [0.1, 0.15) is 15.9 Å². The van der Waals surface area contributed by atoms with Crippen molar-refractivity contribution in [3.63, 3.8) is 0 Å². The number of hydrogen-bond donors (Lipinski definition) is 1. The number of carboxylic acids is 1. The predicted molar refractivity (Wildman–Crippen MR) is 73.0 cm³/mol. The molecule has 0 bridgehead atoms. The van der Waals surface area contributed by atoms with Gasteiger partial charge in [-0.1, -0.05) is 11.6 Å². The normalized spacial score (nSPS) is 10.3. The average Bonchev–Trinajstić information content (AvgIpc) is 2.34. The topological polar surface area (TPSA) is 72.3 Å². The monoisotopic (exact) mass is 342 g/mol. The largest absolute Gasteiger partial charge is 0.478 e. The molecule has 0 fully saturated rings. The Morgan fingerprint density at radius 1 is 1.42 bits per heavy atom. The van der Waals surface area contributed by atoms with Crippen LogP contribution in [0.2, 0.25) is 5.15 Å². The SMILES string of the molecule is Cc1c(Br)cncc1Oc1cc(C(=O)O)cc(Cl)n1. The summed E-state index contributed by atoms with van der Waals surface area (Å²) >= 11 is 9.08. The zero-order chi connectivity index (χ0) is 14.0. The van der Waals surface area contributed by atoms with Crippen molar-refractivity contribution in [2.75, 3.05) is 0 Å². The highest BCUT2D eigenvalue weighted by molar-refractivity contribution is 9.10. The first-order valence-corrected chi connectivity index (χ1v) is 6.33. The molecule has 7 heteroatoms. The van der Waals surface area contributed by atoms with Gasteiger partial charge in [0, 0.05) is 22.3 Å². The molecule has 0 aliphatic heterocycles. The number of rotatable bonds is 3. The summed E-state index contributed by atoms with van der Waals surface area (Å²) in [4.78, 5) is 18.8. The van der Waals surface area contributed by atoms with Crippen LogP contribution in [0.3, 0.4) is 0 Å². The van der Waals surface area contributed by atoms with E-state index in [4.69, 9.17) is 21.4 Å². The Balaban J connectivity index is 2.38. The van der Waals surface area contributed by atoms with Crippen LogP contribution in [0.5, 0.6) is 11.6 Å². The maximum Gasteiger partial charge on any atom is 0.335 e. The van der Waals surface area contributed by atoms with Crippen LogP contribution in [0.15, 0.2) is 29.0 Å². The molecule has 0 saturated carbocycles. The maximum absolute atomic E-state index is 10.9. The van der Waals surface area contributed by atoms with E-state index in [1.807, 2.05) is 6.92 Å². The molecule has 0 aliphatic carbocycles. The van der Waals surface area contributed by atoms with Crippen molar-refractivity contribution in [2.45, 2.75) is 6.92 Å². The maximum atomic E-state index is 10.9. The van der Waals surface area contributed by atoms with E-state index in [0.29, 0.717) is 5.75 Å². The van der Waals surface area contributed by atoms with E-state index >= 15 is 0 Å². The minimum absolute atomic E-state index is 0.00982. The molecule has 0 spiro atoms. The first-order valence-electron chi connectivity index (χ1n) is 5.16. The van der Waals surface area contributed by atoms with Gasteiger partial charge in [0.05, 0.1) is 11.8 Å². The lowest BCUT2D eigenvalue weighted by molar-refractivity contribution is 0.0696. The van der Waals surface area contributed by atoms with Crippen LogP contribution in [-0.2, 0) is 0 Å². The molecule has 0 amide bonds. The number of ether oxygens (including phenoxy) is 1. The zero-order valence-electron chi connectivity index (χ0n) is 9.72. The first-order chi connectivity index (χ1) is 8.97. The van der Waals surface area contributed by atoms with Crippen LogP contribution in [0.4, 0.5) is 0 Å². The quantitative estimate of drug-likeness (QED) is 0.860. The van der Waals surface area contributed by atoms with Gasteiger partial charge in [0.1, 0.15) is 5.15 Å². The van der Waals surface area contributed by atoms with Gasteiger partial charge in [-0.25, -0.2) is 9.78 Å². The molecule has 1 N–H and O–H groups in total. The van der Waals surface area contributed by atoms with Crippen LogP contribution in [0.25, 0.3) is 0 Å². The Bertz CT molecular complexity index is 649. The minimum Gasteiger partial charge on any atom is -0.478 e. The third kappa shape index (κ3) is 3.21. The van der Waals surface area contributed by atoms with E-state index < -0.39 is 5.97 Å². The molecule has 0 radical (unpaired) electrons. The van der Waals surface area contributed by atoms with Gasteiger partial charge in [-0.2, -0.15) is 0 Å². The first kappa shape index (κ1) is 13.8. The summed E-state index contributed by atoms with van der Waals surface area (Å²) in [7, 11) is 0. The summed E-state index contributed by atoms with van der Waals surface area (Å²) in [5.74, 6) is -0.522. The molecule has 2 aromatic rings. The number of carbonyl (C=O) groups is 1. The van der Waals surface area contributed by atoms with E-state index in [2.05, 4.69) is 25.9 Å². The van der Waals surface area contributed by atoms with Crippen molar-refractivity contribution < 1.29 is 14.6 Å². The number of carboxylic acid groups (broad SMARTS) is 1. The molecule has 0 unspecified atom stereocenters. The van der Waals surface area contributed by atoms with Crippen molar-refractivity contribution in [3.05, 3.63) is 45.3 Å². The van der Waals surface area contributed by atoms with Crippen molar-refractivity contribution in [3.8, 4) is 11.6 Å². The second kappa shape index (κ2) is 5.54. The highest BCUT2D eigenvalue weighted by Gasteiger charge is 2.11. The predicted octanol–water partition coefficient (Wildman–Crippen LogP) is 3.69. The van der Waals surface area contributed by atoms with E-state index in [9.17, 15) is 4.79 Å². The number of hydrogen-bond acceptors (Lipinski definition) is 4. The van der Waals surface area contributed by atoms with Crippen LogP contribution >= 0.6 is 27.5 Å². The zero-order valence-corrected chi connectivity index (χ0v) is 12.1. The van der Waals surface area contributed by atoms with Crippen LogP contribution < -0.4 is 4.74 Å². The molecular formula is C12H8BrClN2O3. The van der Waals surface area contributed by atoms with Gasteiger partial charge in [0.15, 0.2) is 5.75 Å². The lowest BCUT2D eigenvalue weighted by atomic mass is 10.2. The van der Waals surface area contributed by atoms with Gasteiger partial charge in [-0.3, -0.25) is 4.98 Å². The second-order valence-electron chi connectivity index (χ2n) is 3.67. The van der Waals surface area contributed by atoms with Gasteiger partial charge in [-0.05, 0) is 28.9 Å². The average molecular weight is 344 g/mol. The fraction of sp³-hybridized carbons (Fsp3) is 0.0833. The summed E-state index contributed by atoms with van der Waals surface area (Å²) < 4.78 is 6.29. The molecular weight excluding hydrogens is 336 g/mol. The lowest BCUT2D eigenvalue weighted by Gasteiger charge is -2.09. The smallest absolute Gasteiger partial charge is 0.335 e. The third-order valence-electron chi connectivity index (χ3n) is 2.34. The highest BCUT2D eigenvalue weighted by atomic mass is 79.9. The minimum atomic E-state index is -1.10. The van der Waals surface area contributed by atoms with Crippen molar-refractivity contribution in [1.29, 1.82) is 0 Å². The van der Waals surface area contributed by atoms with Crippen molar-refractivity contribution >= 4 is 33.5 Å². The molecule has 0 aliphatic rings. The summed E-state index contributed by atoms with van der Waals surface area (Å²) in [6.07, 6.45) is 3.15. The molecule has 2 rings (SSSR count). The highest BCUT2D eigenvalue weighted by Crippen LogP contribution is 2.28. The van der Waals surface area contributed by atoms with Gasteiger partial charge in [0.2, 0.25) is 5.88 Å². The lowest BCUT2D eigenvalue weighted by Crippen LogP contribution is -1.99. The van der Waals surface area contributed by atoms with E-state index in [0.717, 1.165) is 10.0 Å². The van der Waals surface area contributed by atoms with Gasteiger partial charge < -0.3 is 9.84 Å². The third-order valence-corrected chi connectivity index (χ3v) is 3.33. The van der Waals surface area contributed by atoms with Gasteiger partial charge >= 0.3 is 5.97 Å². The van der Waals surface area contributed by atoms with Gasteiger partial charge in [-0.15, -0.1) is 0 Å². The number of aromatic nitrogens is 2. The van der Waals surface area contributed by atoms with E-state index in [-0.39, 0.29) is 16.6 Å². The van der Waals surface area contributed by atoms with Crippen LogP contribution in [0, 0.1) is 6.92 Å². The Labute approximate surface area is 122 Å². The fourth-order valence-corrected chi connectivity index (χ4v) is 1.86. The molecule has 5 nitrogen and oxygen atoms in total. The molecule has 0 aromatic carbocycles. The molecule has 19 heavy (non-hydrogen) atoms. The fourth-order valence-electron chi connectivity index (χ4n) is 1.35. The number of nitrogens with zero attached hydrogens (tertiary/aromatic N) is 2. The number of pyridine rings is 2. The number of aromatic carboxylic acids is 1. The molecule has 0 atom stereocenters.